The number of nitrogens with zero attached hydrogens (tertiary/aromatic N) is 2. The summed E-state index contributed by atoms with van der Waals surface area (Å²) in [5.41, 5.74) is 1.15. The molecule has 0 spiro atoms. The molecule has 3 rings (SSSR count). The molecule has 0 radical (unpaired) electrons. The molecular formula is C17H22N2O2S. The Morgan fingerprint density at radius 1 is 1.32 bits per heavy atom. The molecule has 2 heterocycles. The maximum absolute atomic E-state index is 6.06. The Balaban J connectivity index is 1.63. The zero-order valence-electron chi connectivity index (χ0n) is 13.1. The van der Waals surface area contributed by atoms with Crippen molar-refractivity contribution in [2.75, 3.05) is 26.3 Å². The lowest BCUT2D eigenvalue weighted by Crippen LogP contribution is -2.35. The van der Waals surface area contributed by atoms with Crippen molar-refractivity contribution in [3.8, 4) is 5.75 Å². The van der Waals surface area contributed by atoms with Gasteiger partial charge in [-0.2, -0.15) is 0 Å². The van der Waals surface area contributed by atoms with E-state index in [4.69, 9.17) is 9.47 Å². The lowest BCUT2D eigenvalue weighted by Gasteiger charge is -2.23. The highest BCUT2D eigenvalue weighted by Gasteiger charge is 2.21. The van der Waals surface area contributed by atoms with Crippen molar-refractivity contribution in [3.63, 3.8) is 0 Å². The van der Waals surface area contributed by atoms with Gasteiger partial charge in [0.15, 0.2) is 0 Å². The highest BCUT2D eigenvalue weighted by Crippen LogP contribution is 2.20. The summed E-state index contributed by atoms with van der Waals surface area (Å²) in [5, 5.41) is 1.13. The fourth-order valence-electron chi connectivity index (χ4n) is 2.67. The number of hydrogen-bond acceptors (Lipinski definition) is 5. The van der Waals surface area contributed by atoms with Gasteiger partial charge >= 0.3 is 0 Å². The lowest BCUT2D eigenvalue weighted by atomic mass is 10.3. The third-order valence-electron chi connectivity index (χ3n) is 3.73. The average molecular weight is 318 g/mol. The van der Waals surface area contributed by atoms with Crippen LogP contribution in [-0.4, -0.2) is 42.3 Å². The summed E-state index contributed by atoms with van der Waals surface area (Å²) in [4.78, 5) is 8.26. The molecular weight excluding hydrogens is 296 g/mol. The van der Waals surface area contributed by atoms with Gasteiger partial charge in [0.1, 0.15) is 11.9 Å². The third-order valence-corrected chi connectivity index (χ3v) is 4.79. The summed E-state index contributed by atoms with van der Waals surface area (Å²) in [6.07, 6.45) is 0.0687. The standard InChI is InChI=1S/C17H22N2O2S/c1-13-17(22-14(2)18-13)11-19-8-9-20-12-16(10-19)21-15-6-4-3-5-7-15/h3-7,16H,8-12H2,1-2H3. The third kappa shape index (κ3) is 4.06. The zero-order chi connectivity index (χ0) is 15.4. The van der Waals surface area contributed by atoms with Gasteiger partial charge in [-0.15, -0.1) is 11.3 Å². The fourth-order valence-corrected chi connectivity index (χ4v) is 3.65. The van der Waals surface area contributed by atoms with Gasteiger partial charge in [-0.25, -0.2) is 4.98 Å². The Morgan fingerprint density at radius 3 is 2.86 bits per heavy atom. The fraction of sp³-hybridized carbons (Fsp3) is 0.471. The van der Waals surface area contributed by atoms with Crippen molar-refractivity contribution in [2.24, 2.45) is 0 Å². The van der Waals surface area contributed by atoms with Crippen molar-refractivity contribution < 1.29 is 9.47 Å². The number of hydrogen-bond donors (Lipinski definition) is 0. The molecule has 1 aromatic carbocycles. The van der Waals surface area contributed by atoms with Gasteiger partial charge in [0.25, 0.3) is 0 Å². The first-order valence-corrected chi connectivity index (χ1v) is 8.47. The molecule has 0 aliphatic carbocycles. The van der Waals surface area contributed by atoms with E-state index in [0.717, 1.165) is 42.7 Å². The normalized spacial score (nSPS) is 19.8. The summed E-state index contributed by atoms with van der Waals surface area (Å²) in [6, 6.07) is 9.97. The Morgan fingerprint density at radius 2 is 2.14 bits per heavy atom. The molecule has 0 bridgehead atoms. The smallest absolute Gasteiger partial charge is 0.135 e. The zero-order valence-corrected chi connectivity index (χ0v) is 13.9. The van der Waals surface area contributed by atoms with Crippen LogP contribution in [0.25, 0.3) is 0 Å². The quantitative estimate of drug-likeness (QED) is 0.868. The predicted molar refractivity (Wildman–Crippen MR) is 88.5 cm³/mol. The van der Waals surface area contributed by atoms with Gasteiger partial charge in [0.2, 0.25) is 0 Å². The predicted octanol–water partition coefficient (Wildman–Crippen LogP) is 3.04. The molecule has 1 aromatic heterocycles. The molecule has 0 saturated carbocycles. The maximum Gasteiger partial charge on any atom is 0.135 e. The van der Waals surface area contributed by atoms with Gasteiger partial charge in [-0.3, -0.25) is 4.90 Å². The van der Waals surface area contributed by atoms with Gasteiger partial charge in [0.05, 0.1) is 23.9 Å². The van der Waals surface area contributed by atoms with E-state index in [-0.39, 0.29) is 6.10 Å². The highest BCUT2D eigenvalue weighted by molar-refractivity contribution is 7.11. The second-order valence-electron chi connectivity index (χ2n) is 5.60. The molecule has 0 N–H and O–H groups in total. The van der Waals surface area contributed by atoms with Crippen LogP contribution >= 0.6 is 11.3 Å². The second-order valence-corrected chi connectivity index (χ2v) is 6.89. The molecule has 1 aliphatic rings. The summed E-state index contributed by atoms with van der Waals surface area (Å²) in [5.74, 6) is 0.905. The number of aromatic nitrogens is 1. The Bertz CT molecular complexity index is 600. The van der Waals surface area contributed by atoms with E-state index in [1.807, 2.05) is 30.3 Å². The van der Waals surface area contributed by atoms with Crippen molar-refractivity contribution in [1.82, 2.24) is 9.88 Å². The van der Waals surface area contributed by atoms with Gasteiger partial charge in [-0.1, -0.05) is 18.2 Å². The lowest BCUT2D eigenvalue weighted by molar-refractivity contribution is 0.0711. The molecule has 0 amide bonds. The SMILES string of the molecule is Cc1nc(C)c(CN2CCOCC(Oc3ccccc3)C2)s1. The minimum Gasteiger partial charge on any atom is -0.487 e. The number of thiazole rings is 1. The van der Waals surface area contributed by atoms with Crippen LogP contribution in [-0.2, 0) is 11.3 Å². The van der Waals surface area contributed by atoms with Crippen LogP contribution in [0, 0.1) is 13.8 Å². The van der Waals surface area contributed by atoms with Crippen LogP contribution < -0.4 is 4.74 Å². The summed E-state index contributed by atoms with van der Waals surface area (Å²) < 4.78 is 11.8. The molecule has 22 heavy (non-hydrogen) atoms. The first kappa shape index (κ1) is 15.5. The number of aryl methyl sites for hydroxylation is 2. The first-order valence-electron chi connectivity index (χ1n) is 7.65. The minimum absolute atomic E-state index is 0.0687. The number of ether oxygens (including phenoxy) is 2. The highest BCUT2D eigenvalue weighted by atomic mass is 32.1. The van der Waals surface area contributed by atoms with Gasteiger partial charge in [-0.05, 0) is 26.0 Å². The van der Waals surface area contributed by atoms with Crippen molar-refractivity contribution in [3.05, 3.63) is 45.9 Å². The summed E-state index contributed by atoms with van der Waals surface area (Å²) >= 11 is 1.79. The van der Waals surface area contributed by atoms with E-state index in [0.29, 0.717) is 6.61 Å². The number of rotatable bonds is 4. The average Bonchev–Trinajstić information content (AvgIpc) is 2.70. The number of para-hydroxylation sites is 1. The van der Waals surface area contributed by atoms with E-state index in [2.05, 4.69) is 23.7 Å². The molecule has 1 saturated heterocycles. The largest absolute Gasteiger partial charge is 0.487 e. The molecule has 4 nitrogen and oxygen atoms in total. The van der Waals surface area contributed by atoms with Gasteiger partial charge < -0.3 is 9.47 Å². The van der Waals surface area contributed by atoms with Crippen molar-refractivity contribution >= 4 is 11.3 Å². The summed E-state index contributed by atoms with van der Waals surface area (Å²) in [7, 11) is 0. The molecule has 2 aromatic rings. The van der Waals surface area contributed by atoms with Crippen molar-refractivity contribution in [2.45, 2.75) is 26.5 Å². The van der Waals surface area contributed by atoms with Crippen LogP contribution in [0.4, 0.5) is 0 Å². The minimum atomic E-state index is 0.0687. The van der Waals surface area contributed by atoms with E-state index in [1.54, 1.807) is 11.3 Å². The number of benzene rings is 1. The van der Waals surface area contributed by atoms with E-state index in [1.165, 1.54) is 4.88 Å². The van der Waals surface area contributed by atoms with Crippen LogP contribution in [0.15, 0.2) is 30.3 Å². The van der Waals surface area contributed by atoms with Crippen LogP contribution in [0.1, 0.15) is 15.6 Å². The van der Waals surface area contributed by atoms with Gasteiger partial charge in [0, 0.05) is 24.5 Å². The second kappa shape index (κ2) is 7.22. The Hall–Kier alpha value is -1.43. The molecule has 1 unspecified atom stereocenters. The van der Waals surface area contributed by atoms with E-state index in [9.17, 15) is 0 Å². The monoisotopic (exact) mass is 318 g/mol. The molecule has 1 aliphatic heterocycles. The molecule has 118 valence electrons. The van der Waals surface area contributed by atoms with E-state index >= 15 is 0 Å². The van der Waals surface area contributed by atoms with Crippen LogP contribution in [0.3, 0.4) is 0 Å². The summed E-state index contributed by atoms with van der Waals surface area (Å²) in [6.45, 7) is 8.29. The Kier molecular flexibility index (Phi) is 5.08. The van der Waals surface area contributed by atoms with Crippen LogP contribution in [0.5, 0.6) is 5.75 Å². The topological polar surface area (TPSA) is 34.6 Å². The molecule has 1 atom stereocenters. The van der Waals surface area contributed by atoms with Crippen LogP contribution in [0.2, 0.25) is 0 Å². The Labute approximate surface area is 135 Å². The van der Waals surface area contributed by atoms with E-state index < -0.39 is 0 Å². The maximum atomic E-state index is 6.06. The van der Waals surface area contributed by atoms with Crippen molar-refractivity contribution in [1.29, 1.82) is 0 Å². The first-order chi connectivity index (χ1) is 10.7. The molecule has 1 fully saturated rings. The molecule has 5 heteroatoms.